The number of aromatic nitrogens is 2. The van der Waals surface area contributed by atoms with Crippen LogP contribution in [0.5, 0.6) is 0 Å². The van der Waals surface area contributed by atoms with Crippen LogP contribution in [-0.2, 0) is 16.6 Å². The molecule has 0 saturated heterocycles. The van der Waals surface area contributed by atoms with Gasteiger partial charge in [-0.2, -0.15) is 9.98 Å². The second-order valence-electron chi connectivity index (χ2n) is 3.01. The highest BCUT2D eigenvalue weighted by atomic mass is 32.2. The molecule has 6 nitrogen and oxygen atoms in total. The lowest BCUT2D eigenvalue weighted by Gasteiger charge is -2.04. The van der Waals surface area contributed by atoms with Crippen LogP contribution in [0.1, 0.15) is 13.8 Å². The molecule has 0 aliphatic carbocycles. The van der Waals surface area contributed by atoms with Gasteiger partial charge in [0, 0.05) is 12.7 Å². The van der Waals surface area contributed by atoms with Gasteiger partial charge < -0.3 is 4.57 Å². The minimum absolute atomic E-state index is 0.0635. The summed E-state index contributed by atoms with van der Waals surface area (Å²) in [5.41, 5.74) is 0. The van der Waals surface area contributed by atoms with Gasteiger partial charge >= 0.3 is 0 Å². The molecule has 0 fully saturated rings. The molecule has 1 rings (SSSR count). The molecule has 1 aromatic rings. The minimum atomic E-state index is -3.67. The largest absolute Gasteiger partial charge is 0.336 e. The molecular formula is C8H12N4O2S. The number of rotatable bonds is 4. The van der Waals surface area contributed by atoms with E-state index in [1.165, 1.54) is 19.4 Å². The van der Waals surface area contributed by atoms with E-state index in [0.29, 0.717) is 6.54 Å². The molecule has 1 unspecified atom stereocenters. The van der Waals surface area contributed by atoms with Gasteiger partial charge in [0.2, 0.25) is 0 Å². The minimum Gasteiger partial charge on any atom is -0.336 e. The number of nitrogens with zero attached hydrogens (tertiary/aromatic N) is 3. The molecule has 0 aliphatic heterocycles. The van der Waals surface area contributed by atoms with E-state index in [-0.39, 0.29) is 5.03 Å². The number of nitrogens with one attached hydrogen (secondary N) is 1. The van der Waals surface area contributed by atoms with Crippen molar-refractivity contribution in [2.75, 3.05) is 0 Å². The highest BCUT2D eigenvalue weighted by molar-refractivity contribution is 7.89. The molecule has 1 heterocycles. The highest BCUT2D eigenvalue weighted by Gasteiger charge is 2.19. The molecule has 0 radical (unpaired) electrons. The average molecular weight is 228 g/mol. The Morgan fingerprint density at radius 3 is 2.87 bits per heavy atom. The van der Waals surface area contributed by atoms with E-state index in [2.05, 4.69) is 9.71 Å². The smallest absolute Gasteiger partial charge is 0.260 e. The van der Waals surface area contributed by atoms with Crippen molar-refractivity contribution >= 4 is 10.0 Å². The molecule has 0 aliphatic rings. The fourth-order valence-electron chi connectivity index (χ4n) is 0.971. The first kappa shape index (κ1) is 11.7. The summed E-state index contributed by atoms with van der Waals surface area (Å²) in [5, 5.41) is 8.43. The maximum atomic E-state index is 11.6. The molecule has 1 N–H and O–H groups in total. The van der Waals surface area contributed by atoms with Crippen LogP contribution >= 0.6 is 0 Å². The third-order valence-electron chi connectivity index (χ3n) is 1.78. The van der Waals surface area contributed by atoms with E-state index >= 15 is 0 Å². The van der Waals surface area contributed by atoms with E-state index in [9.17, 15) is 8.42 Å². The van der Waals surface area contributed by atoms with E-state index in [0.717, 1.165) is 0 Å². The number of hydrogen-bond donors (Lipinski definition) is 1. The van der Waals surface area contributed by atoms with Gasteiger partial charge in [-0.05, 0) is 13.8 Å². The van der Waals surface area contributed by atoms with Crippen molar-refractivity contribution in [3.8, 4) is 6.07 Å². The van der Waals surface area contributed by atoms with Gasteiger partial charge in [-0.25, -0.2) is 13.4 Å². The number of sulfonamides is 1. The zero-order valence-corrected chi connectivity index (χ0v) is 9.32. The predicted molar refractivity (Wildman–Crippen MR) is 53.3 cm³/mol. The molecule has 0 amide bonds. The van der Waals surface area contributed by atoms with Gasteiger partial charge in [0.25, 0.3) is 10.0 Å². The molecule has 1 aromatic heterocycles. The van der Waals surface area contributed by atoms with Crippen LogP contribution < -0.4 is 4.72 Å². The standard InChI is InChI=1S/C8H12N4O2S/c1-3-12-5-8(10-6-12)15(13,14)11-7(2)4-9/h5-7,11H,3H2,1-2H3. The van der Waals surface area contributed by atoms with Crippen LogP contribution in [0.25, 0.3) is 0 Å². The summed E-state index contributed by atoms with van der Waals surface area (Å²) >= 11 is 0. The Labute approximate surface area is 88.6 Å². The van der Waals surface area contributed by atoms with E-state index in [4.69, 9.17) is 5.26 Å². The summed E-state index contributed by atoms with van der Waals surface area (Å²) in [5.74, 6) is 0. The van der Waals surface area contributed by atoms with E-state index < -0.39 is 16.1 Å². The van der Waals surface area contributed by atoms with Gasteiger partial charge in [-0.3, -0.25) is 0 Å². The maximum Gasteiger partial charge on any atom is 0.260 e. The van der Waals surface area contributed by atoms with Crippen LogP contribution in [0.3, 0.4) is 0 Å². The molecule has 7 heteroatoms. The number of hydrogen-bond acceptors (Lipinski definition) is 4. The Balaban J connectivity index is 2.92. The Morgan fingerprint density at radius 1 is 1.73 bits per heavy atom. The third kappa shape index (κ3) is 2.78. The molecule has 15 heavy (non-hydrogen) atoms. The van der Waals surface area contributed by atoms with Crippen LogP contribution in [0.2, 0.25) is 0 Å². The van der Waals surface area contributed by atoms with Crippen LogP contribution in [0.15, 0.2) is 17.6 Å². The summed E-state index contributed by atoms with van der Waals surface area (Å²) in [6.45, 7) is 3.99. The van der Waals surface area contributed by atoms with Crippen molar-refractivity contribution in [1.29, 1.82) is 5.26 Å². The molecule has 0 spiro atoms. The zero-order valence-electron chi connectivity index (χ0n) is 8.51. The van der Waals surface area contributed by atoms with Gasteiger partial charge in [0.15, 0.2) is 5.03 Å². The van der Waals surface area contributed by atoms with Crippen LogP contribution in [0, 0.1) is 11.3 Å². The third-order valence-corrected chi connectivity index (χ3v) is 3.20. The van der Waals surface area contributed by atoms with Crippen molar-refractivity contribution in [1.82, 2.24) is 14.3 Å². The van der Waals surface area contributed by atoms with Crippen molar-refractivity contribution in [3.05, 3.63) is 12.5 Å². The first-order chi connectivity index (χ1) is 6.99. The molecule has 0 bridgehead atoms. The first-order valence-corrected chi connectivity index (χ1v) is 5.91. The van der Waals surface area contributed by atoms with E-state index in [1.54, 1.807) is 10.6 Å². The molecule has 0 aromatic carbocycles. The molecule has 82 valence electrons. The topological polar surface area (TPSA) is 87.8 Å². The Kier molecular flexibility index (Phi) is 3.44. The summed E-state index contributed by atoms with van der Waals surface area (Å²) in [7, 11) is -3.67. The monoisotopic (exact) mass is 228 g/mol. The van der Waals surface area contributed by atoms with Gasteiger partial charge in [0.1, 0.15) is 6.04 Å². The first-order valence-electron chi connectivity index (χ1n) is 4.43. The van der Waals surface area contributed by atoms with Gasteiger partial charge in [0.05, 0.1) is 12.4 Å². The quantitative estimate of drug-likeness (QED) is 0.791. The fraction of sp³-hybridized carbons (Fsp3) is 0.500. The molecule has 0 saturated carbocycles. The average Bonchev–Trinajstić information content (AvgIpc) is 2.65. The van der Waals surface area contributed by atoms with Crippen molar-refractivity contribution in [2.45, 2.75) is 31.5 Å². The summed E-state index contributed by atoms with van der Waals surface area (Å²) in [6.07, 6.45) is 2.86. The number of imidazole rings is 1. The Morgan fingerprint density at radius 2 is 2.40 bits per heavy atom. The summed E-state index contributed by atoms with van der Waals surface area (Å²) in [4.78, 5) is 3.75. The lowest BCUT2D eigenvalue weighted by Crippen LogP contribution is -2.31. The SMILES string of the molecule is CCn1cnc(S(=O)(=O)NC(C)C#N)c1. The lowest BCUT2D eigenvalue weighted by molar-refractivity contribution is 0.573. The number of aryl methyl sites for hydroxylation is 1. The maximum absolute atomic E-state index is 11.6. The summed E-state index contributed by atoms with van der Waals surface area (Å²) in [6, 6.07) is 1.02. The van der Waals surface area contributed by atoms with Gasteiger partial charge in [-0.1, -0.05) is 0 Å². The predicted octanol–water partition coefficient (Wildman–Crippen LogP) is 0.0934. The lowest BCUT2D eigenvalue weighted by atomic mass is 10.4. The normalized spacial score (nSPS) is 13.4. The van der Waals surface area contributed by atoms with Gasteiger partial charge in [-0.15, -0.1) is 0 Å². The Bertz CT molecular complexity index is 471. The van der Waals surface area contributed by atoms with E-state index in [1.807, 2.05) is 6.92 Å². The Hall–Kier alpha value is -1.39. The van der Waals surface area contributed by atoms with Crippen molar-refractivity contribution in [2.24, 2.45) is 0 Å². The second kappa shape index (κ2) is 4.42. The highest BCUT2D eigenvalue weighted by Crippen LogP contribution is 2.05. The van der Waals surface area contributed by atoms with Crippen molar-refractivity contribution < 1.29 is 8.42 Å². The number of nitriles is 1. The van der Waals surface area contributed by atoms with Crippen LogP contribution in [0.4, 0.5) is 0 Å². The van der Waals surface area contributed by atoms with Crippen molar-refractivity contribution in [3.63, 3.8) is 0 Å². The zero-order chi connectivity index (χ0) is 11.5. The second-order valence-corrected chi connectivity index (χ2v) is 4.68. The fourth-order valence-corrected chi connectivity index (χ4v) is 2.07. The molecular weight excluding hydrogens is 216 g/mol. The molecule has 1 atom stereocenters. The van der Waals surface area contributed by atoms with Crippen LogP contribution in [-0.4, -0.2) is 24.0 Å². The summed E-state index contributed by atoms with van der Waals surface area (Å²) < 4.78 is 27.0.